The lowest BCUT2D eigenvalue weighted by Gasteiger charge is -2.28. The normalized spacial score (nSPS) is 12.6. The molecule has 3 aromatic heterocycles. The van der Waals surface area contributed by atoms with Gasteiger partial charge in [-0.05, 0) is 77.0 Å². The maximum atomic E-state index is 14.7. The maximum Gasteiger partial charge on any atom is 0.355 e. The van der Waals surface area contributed by atoms with Crippen molar-refractivity contribution in [2.45, 2.75) is 32.6 Å². The highest BCUT2D eigenvalue weighted by atomic mass is 32.1. The van der Waals surface area contributed by atoms with Crippen molar-refractivity contribution in [3.63, 3.8) is 0 Å². The van der Waals surface area contributed by atoms with Crippen LogP contribution in [-0.2, 0) is 12.8 Å². The topological polar surface area (TPSA) is 129 Å². The lowest BCUT2D eigenvalue weighted by molar-refractivity contribution is 0.0690. The molecular weight excluding hydrogens is 664 g/mol. The van der Waals surface area contributed by atoms with Crippen LogP contribution in [0.5, 0.6) is 5.75 Å². The van der Waals surface area contributed by atoms with Crippen molar-refractivity contribution in [2.75, 3.05) is 57.1 Å². The number of benzene rings is 2. The summed E-state index contributed by atoms with van der Waals surface area (Å²) < 4.78 is 21.5. The summed E-state index contributed by atoms with van der Waals surface area (Å²) in [6.07, 6.45) is 2.58. The van der Waals surface area contributed by atoms with E-state index in [1.54, 1.807) is 23.5 Å². The number of aryl methyl sites for hydroxylation is 1. The molecule has 0 bridgehead atoms. The van der Waals surface area contributed by atoms with Crippen molar-refractivity contribution in [2.24, 2.45) is 0 Å². The van der Waals surface area contributed by atoms with Gasteiger partial charge in [0, 0.05) is 41.2 Å². The van der Waals surface area contributed by atoms with Gasteiger partial charge >= 0.3 is 5.97 Å². The lowest BCUT2D eigenvalue weighted by atomic mass is 10.0. The second kappa shape index (κ2) is 15.7. The number of ether oxygens (including phenoxy) is 1. The molecule has 0 aliphatic carbocycles. The molecule has 254 valence electrons. The van der Waals surface area contributed by atoms with Crippen LogP contribution < -0.4 is 20.3 Å². The highest BCUT2D eigenvalue weighted by molar-refractivity contribution is 7.22. The van der Waals surface area contributed by atoms with Crippen molar-refractivity contribution in [1.29, 1.82) is 0 Å². The van der Waals surface area contributed by atoms with E-state index in [0.29, 0.717) is 53.1 Å². The number of nitrogens with one attached hydrogen (secondary N) is 2. The number of hydrogen-bond acceptors (Lipinski definition) is 12. The number of carboxylic acid groups (broad SMARTS) is 1. The Labute approximate surface area is 292 Å². The predicted molar refractivity (Wildman–Crippen MR) is 193 cm³/mol. The molecule has 2 aromatic carbocycles. The second-order valence-corrected chi connectivity index (χ2v) is 13.9. The molecule has 0 saturated heterocycles. The number of thiazole rings is 2. The second-order valence-electron chi connectivity index (χ2n) is 11.8. The third-order valence-electron chi connectivity index (χ3n) is 7.94. The van der Waals surface area contributed by atoms with E-state index in [4.69, 9.17) is 4.74 Å². The summed E-state index contributed by atoms with van der Waals surface area (Å²) in [5, 5.41) is 26.9. The Hall–Kier alpha value is -4.68. The predicted octanol–water partition coefficient (Wildman–Crippen LogP) is 6.03. The van der Waals surface area contributed by atoms with Crippen LogP contribution in [0.4, 0.5) is 26.3 Å². The van der Waals surface area contributed by atoms with Gasteiger partial charge in [-0.2, -0.15) is 0 Å². The fraction of sp³-hybridized carbons (Fsp3) is 0.343. The molecule has 1 aliphatic rings. The minimum atomic E-state index is -1.09. The molecule has 0 radical (unpaired) electrons. The molecule has 6 rings (SSSR count). The molecule has 14 heteroatoms. The molecule has 0 saturated carbocycles. The number of para-hydroxylation sites is 1. The molecule has 49 heavy (non-hydrogen) atoms. The van der Waals surface area contributed by atoms with Crippen molar-refractivity contribution >= 4 is 60.8 Å². The van der Waals surface area contributed by atoms with Crippen LogP contribution in [0.1, 0.15) is 44.9 Å². The van der Waals surface area contributed by atoms with E-state index < -0.39 is 11.8 Å². The standard InChI is InChI=1S/C35H37FN8O3S2/c1-22-24-10-7-18-44(32(24)42-41-31(22)40-34-38-26-11-4-5-12-28(26)48-34)35-39-30(33(45)46)29(49-35)13-8-20-47-27-15-14-23(21-25(27)36)9-6-16-37-17-19-43(2)3/h4-5,11-12,14-15,21,37H,7-8,10,13,16-20H2,1-3H3,(H,45,46)(H,38,40,41). The van der Waals surface area contributed by atoms with E-state index in [2.05, 4.69) is 47.5 Å². The number of anilines is 4. The molecule has 1 aliphatic heterocycles. The minimum absolute atomic E-state index is 0.0104. The zero-order valence-electron chi connectivity index (χ0n) is 27.5. The Bertz CT molecular complexity index is 1990. The van der Waals surface area contributed by atoms with Crippen LogP contribution in [0, 0.1) is 24.6 Å². The first-order valence-electron chi connectivity index (χ1n) is 16.0. The van der Waals surface area contributed by atoms with Crippen LogP contribution in [-0.4, -0.2) is 83.0 Å². The molecular formula is C35H37FN8O3S2. The molecule has 0 amide bonds. The number of halogens is 1. The third kappa shape index (κ3) is 8.31. The van der Waals surface area contributed by atoms with Crippen LogP contribution in [0.15, 0.2) is 42.5 Å². The van der Waals surface area contributed by atoms with Gasteiger partial charge in [0.2, 0.25) is 0 Å². The molecule has 0 fully saturated rings. The van der Waals surface area contributed by atoms with Gasteiger partial charge in [-0.15, -0.1) is 21.5 Å². The van der Waals surface area contributed by atoms with E-state index in [0.717, 1.165) is 52.4 Å². The lowest BCUT2D eigenvalue weighted by Crippen LogP contribution is -2.27. The summed E-state index contributed by atoms with van der Waals surface area (Å²) >= 11 is 2.88. The zero-order valence-corrected chi connectivity index (χ0v) is 29.2. The molecule has 0 unspecified atom stereocenters. The Morgan fingerprint density at radius 1 is 1.16 bits per heavy atom. The molecule has 4 heterocycles. The summed E-state index contributed by atoms with van der Waals surface area (Å²) in [6.45, 7) is 5.13. The van der Waals surface area contributed by atoms with Gasteiger partial charge < -0.3 is 30.3 Å². The first-order chi connectivity index (χ1) is 23.8. The summed E-state index contributed by atoms with van der Waals surface area (Å²) in [5.41, 5.74) is 3.52. The number of carboxylic acids is 1. The summed E-state index contributed by atoms with van der Waals surface area (Å²) in [5.74, 6) is 5.84. The van der Waals surface area contributed by atoms with Crippen molar-refractivity contribution < 1.29 is 19.0 Å². The molecule has 5 aromatic rings. The number of rotatable bonds is 13. The van der Waals surface area contributed by atoms with E-state index in [1.807, 2.05) is 50.2 Å². The van der Waals surface area contributed by atoms with Gasteiger partial charge in [0.25, 0.3) is 0 Å². The van der Waals surface area contributed by atoms with Gasteiger partial charge in [0.05, 0.1) is 23.4 Å². The van der Waals surface area contributed by atoms with E-state index in [9.17, 15) is 14.3 Å². The molecule has 11 nitrogen and oxygen atoms in total. The zero-order chi connectivity index (χ0) is 34.3. The van der Waals surface area contributed by atoms with Gasteiger partial charge in [-0.25, -0.2) is 19.2 Å². The molecule has 0 spiro atoms. The van der Waals surface area contributed by atoms with Gasteiger partial charge in [-0.3, -0.25) is 0 Å². The fourth-order valence-electron chi connectivity index (χ4n) is 5.41. The molecule has 3 N–H and O–H groups in total. The van der Waals surface area contributed by atoms with E-state index >= 15 is 0 Å². The fourth-order valence-corrected chi connectivity index (χ4v) is 7.40. The van der Waals surface area contributed by atoms with E-state index in [1.165, 1.54) is 17.4 Å². The van der Waals surface area contributed by atoms with Crippen LogP contribution in [0.25, 0.3) is 10.2 Å². The number of hydrogen-bond donors (Lipinski definition) is 3. The number of nitrogens with zero attached hydrogens (tertiary/aromatic N) is 6. The third-order valence-corrected chi connectivity index (χ3v) is 10.0. The van der Waals surface area contributed by atoms with Crippen LogP contribution in [0.2, 0.25) is 0 Å². The first-order valence-corrected chi connectivity index (χ1v) is 17.7. The average molecular weight is 701 g/mol. The van der Waals surface area contributed by atoms with Crippen LogP contribution in [0.3, 0.4) is 0 Å². The Kier molecular flexibility index (Phi) is 10.9. The van der Waals surface area contributed by atoms with Gasteiger partial charge in [-0.1, -0.05) is 35.3 Å². The SMILES string of the molecule is Cc1c(Nc2nc3ccccc3s2)nnc2c1CCCN2c1nc(C(=O)O)c(CCCOc2ccc(C#CCNCCN(C)C)cc2F)s1. The smallest absolute Gasteiger partial charge is 0.355 e. The highest BCUT2D eigenvalue weighted by Crippen LogP contribution is 2.39. The van der Waals surface area contributed by atoms with Gasteiger partial charge in [0.15, 0.2) is 39.2 Å². The van der Waals surface area contributed by atoms with Crippen molar-refractivity contribution in [1.82, 2.24) is 30.4 Å². The minimum Gasteiger partial charge on any atom is -0.491 e. The first kappa shape index (κ1) is 34.2. The number of fused-ring (bicyclic) bond motifs is 2. The number of aromatic carboxylic acids is 1. The van der Waals surface area contributed by atoms with E-state index in [-0.39, 0.29) is 18.1 Å². The van der Waals surface area contributed by atoms with Crippen molar-refractivity contribution in [3.05, 3.63) is 75.5 Å². The van der Waals surface area contributed by atoms with Gasteiger partial charge in [0.1, 0.15) is 0 Å². The Balaban J connectivity index is 1.08. The Morgan fingerprint density at radius 2 is 2.02 bits per heavy atom. The average Bonchev–Trinajstić information content (AvgIpc) is 3.70. The monoisotopic (exact) mass is 700 g/mol. The maximum absolute atomic E-state index is 14.7. The molecule has 0 atom stereocenters. The van der Waals surface area contributed by atoms with Crippen molar-refractivity contribution in [3.8, 4) is 17.6 Å². The highest BCUT2D eigenvalue weighted by Gasteiger charge is 2.28. The number of aromatic nitrogens is 4. The Morgan fingerprint density at radius 3 is 2.82 bits per heavy atom. The summed E-state index contributed by atoms with van der Waals surface area (Å²) in [7, 11) is 4.02. The number of likely N-dealkylation sites (N-methyl/N-ethyl adjacent to an activating group) is 1. The quantitative estimate of drug-likeness (QED) is 0.0984. The largest absolute Gasteiger partial charge is 0.491 e. The summed E-state index contributed by atoms with van der Waals surface area (Å²) in [4.78, 5) is 26.0. The van der Waals surface area contributed by atoms with Crippen LogP contribution >= 0.6 is 22.7 Å². The summed E-state index contributed by atoms with van der Waals surface area (Å²) in [6, 6.07) is 12.6. The number of carbonyl (C=O) groups is 1.